The van der Waals surface area contributed by atoms with Crippen LogP contribution in [-0.2, 0) is 0 Å². The lowest BCUT2D eigenvalue weighted by Gasteiger charge is -2.17. The predicted octanol–water partition coefficient (Wildman–Crippen LogP) is 2.87. The highest BCUT2D eigenvalue weighted by Gasteiger charge is 2.15. The largest absolute Gasteiger partial charge is 0.387 e. The Hall–Kier alpha value is -1.09. The molecule has 0 aliphatic carbocycles. The van der Waals surface area contributed by atoms with Crippen LogP contribution in [0.2, 0.25) is 5.02 Å². The second kappa shape index (κ2) is 4.42. The zero-order valence-electron chi connectivity index (χ0n) is 9.02. The number of aliphatic hydroxyl groups is 1. The minimum atomic E-state index is -0.665. The Balaban J connectivity index is 2.67. The molecule has 0 fully saturated rings. The van der Waals surface area contributed by atoms with Crippen LogP contribution in [-0.4, -0.2) is 11.1 Å². The summed E-state index contributed by atoms with van der Waals surface area (Å²) in [5.41, 5.74) is 6.54. The van der Waals surface area contributed by atoms with Crippen molar-refractivity contribution in [3.05, 3.63) is 47.0 Å². The SMILES string of the molecule is C[C@@H](N)[C@@H](O)c1ccc(Cl)c2ccccc12. The van der Waals surface area contributed by atoms with Gasteiger partial charge in [-0.15, -0.1) is 0 Å². The lowest BCUT2D eigenvalue weighted by Crippen LogP contribution is -2.24. The van der Waals surface area contributed by atoms with E-state index in [1.807, 2.05) is 30.3 Å². The average molecular weight is 236 g/mol. The summed E-state index contributed by atoms with van der Waals surface area (Å²) in [6.45, 7) is 1.79. The Morgan fingerprint density at radius 3 is 2.38 bits per heavy atom. The van der Waals surface area contributed by atoms with E-state index in [9.17, 15) is 5.11 Å². The van der Waals surface area contributed by atoms with Gasteiger partial charge in [-0.25, -0.2) is 0 Å². The molecule has 0 aliphatic rings. The third-order valence-corrected chi connectivity index (χ3v) is 3.05. The molecule has 0 unspecified atom stereocenters. The molecule has 0 saturated heterocycles. The first-order valence-electron chi connectivity index (χ1n) is 5.22. The summed E-state index contributed by atoms with van der Waals surface area (Å²) in [6, 6.07) is 11.1. The first-order valence-corrected chi connectivity index (χ1v) is 5.60. The van der Waals surface area contributed by atoms with Gasteiger partial charge in [0.1, 0.15) is 0 Å². The molecule has 3 heteroatoms. The van der Waals surface area contributed by atoms with E-state index >= 15 is 0 Å². The number of benzene rings is 2. The molecule has 2 aromatic rings. The molecule has 2 nitrogen and oxygen atoms in total. The smallest absolute Gasteiger partial charge is 0.0944 e. The van der Waals surface area contributed by atoms with E-state index in [1.165, 1.54) is 0 Å². The van der Waals surface area contributed by atoms with Gasteiger partial charge in [0.05, 0.1) is 6.10 Å². The van der Waals surface area contributed by atoms with Crippen LogP contribution in [0.5, 0.6) is 0 Å². The van der Waals surface area contributed by atoms with Crippen molar-refractivity contribution in [2.45, 2.75) is 19.1 Å². The fraction of sp³-hybridized carbons (Fsp3) is 0.231. The van der Waals surface area contributed by atoms with Crippen molar-refractivity contribution in [2.24, 2.45) is 5.73 Å². The van der Waals surface area contributed by atoms with Crippen LogP contribution in [0.3, 0.4) is 0 Å². The quantitative estimate of drug-likeness (QED) is 0.841. The van der Waals surface area contributed by atoms with Crippen LogP contribution in [0.4, 0.5) is 0 Å². The zero-order valence-corrected chi connectivity index (χ0v) is 9.78. The highest BCUT2D eigenvalue weighted by molar-refractivity contribution is 6.35. The Morgan fingerprint density at radius 1 is 1.12 bits per heavy atom. The number of halogens is 1. The number of fused-ring (bicyclic) bond motifs is 1. The fourth-order valence-electron chi connectivity index (χ4n) is 1.83. The average Bonchev–Trinajstić information content (AvgIpc) is 2.29. The minimum Gasteiger partial charge on any atom is -0.387 e. The minimum absolute atomic E-state index is 0.301. The van der Waals surface area contributed by atoms with Crippen LogP contribution < -0.4 is 5.73 Å². The van der Waals surface area contributed by atoms with Gasteiger partial charge in [0, 0.05) is 16.5 Å². The molecule has 2 atom stereocenters. The summed E-state index contributed by atoms with van der Waals surface area (Å²) >= 11 is 6.10. The molecule has 2 rings (SSSR count). The van der Waals surface area contributed by atoms with Gasteiger partial charge in [0.15, 0.2) is 0 Å². The van der Waals surface area contributed by atoms with Gasteiger partial charge in [0.25, 0.3) is 0 Å². The van der Waals surface area contributed by atoms with Gasteiger partial charge in [-0.3, -0.25) is 0 Å². The third kappa shape index (κ3) is 1.92. The van der Waals surface area contributed by atoms with Crippen molar-refractivity contribution in [3.63, 3.8) is 0 Å². The number of nitrogens with two attached hydrogens (primary N) is 1. The van der Waals surface area contributed by atoms with E-state index in [4.69, 9.17) is 17.3 Å². The van der Waals surface area contributed by atoms with E-state index in [0.717, 1.165) is 16.3 Å². The summed E-state index contributed by atoms with van der Waals surface area (Å²) in [5, 5.41) is 12.6. The fourth-order valence-corrected chi connectivity index (χ4v) is 2.05. The monoisotopic (exact) mass is 235 g/mol. The third-order valence-electron chi connectivity index (χ3n) is 2.72. The van der Waals surface area contributed by atoms with Gasteiger partial charge < -0.3 is 10.8 Å². The van der Waals surface area contributed by atoms with E-state index < -0.39 is 6.10 Å². The number of hydrogen-bond acceptors (Lipinski definition) is 2. The topological polar surface area (TPSA) is 46.2 Å². The van der Waals surface area contributed by atoms with Gasteiger partial charge >= 0.3 is 0 Å². The Bertz CT molecular complexity index is 510. The molecule has 0 heterocycles. The first-order chi connectivity index (χ1) is 7.61. The van der Waals surface area contributed by atoms with Crippen molar-refractivity contribution in [3.8, 4) is 0 Å². The van der Waals surface area contributed by atoms with E-state index in [1.54, 1.807) is 13.0 Å². The lowest BCUT2D eigenvalue weighted by atomic mass is 9.97. The van der Waals surface area contributed by atoms with Gasteiger partial charge in [-0.1, -0.05) is 41.9 Å². The summed E-state index contributed by atoms with van der Waals surface area (Å²) < 4.78 is 0. The number of hydrogen-bond donors (Lipinski definition) is 2. The van der Waals surface area contributed by atoms with Crippen LogP contribution in [0.25, 0.3) is 10.8 Å². The molecule has 0 saturated carbocycles. The summed E-state index contributed by atoms with van der Waals surface area (Å²) in [4.78, 5) is 0. The molecule has 0 aliphatic heterocycles. The van der Waals surface area contributed by atoms with Crippen molar-refractivity contribution < 1.29 is 5.11 Å². The highest BCUT2D eigenvalue weighted by atomic mass is 35.5. The standard InChI is InChI=1S/C13H14ClNO/c1-8(15)13(16)11-6-7-12(14)10-5-3-2-4-9(10)11/h2-8,13,16H,15H2,1H3/t8-,13-/m1/s1. The van der Waals surface area contributed by atoms with E-state index in [0.29, 0.717) is 5.02 Å². The second-order valence-electron chi connectivity index (χ2n) is 3.99. The maximum atomic E-state index is 10.0. The van der Waals surface area contributed by atoms with Crippen molar-refractivity contribution in [1.29, 1.82) is 0 Å². The van der Waals surface area contributed by atoms with Crippen molar-refractivity contribution in [1.82, 2.24) is 0 Å². The number of aliphatic hydroxyl groups excluding tert-OH is 1. The summed E-state index contributed by atoms with van der Waals surface area (Å²) in [6.07, 6.45) is -0.665. The molecule has 16 heavy (non-hydrogen) atoms. The maximum Gasteiger partial charge on any atom is 0.0944 e. The maximum absolute atomic E-state index is 10.0. The molecule has 0 radical (unpaired) electrons. The van der Waals surface area contributed by atoms with Crippen LogP contribution >= 0.6 is 11.6 Å². The van der Waals surface area contributed by atoms with E-state index in [2.05, 4.69) is 0 Å². The molecular weight excluding hydrogens is 222 g/mol. The van der Waals surface area contributed by atoms with Gasteiger partial charge in [0.2, 0.25) is 0 Å². The Labute approximate surface area is 99.6 Å². The van der Waals surface area contributed by atoms with E-state index in [-0.39, 0.29) is 6.04 Å². The van der Waals surface area contributed by atoms with Crippen LogP contribution in [0, 0.1) is 0 Å². The molecule has 0 aromatic heterocycles. The molecular formula is C13H14ClNO. The normalized spacial score (nSPS) is 15.0. The second-order valence-corrected chi connectivity index (χ2v) is 4.39. The lowest BCUT2D eigenvalue weighted by molar-refractivity contribution is 0.155. The van der Waals surface area contributed by atoms with Crippen molar-refractivity contribution in [2.75, 3.05) is 0 Å². The summed E-state index contributed by atoms with van der Waals surface area (Å²) in [7, 11) is 0. The number of rotatable bonds is 2. The molecule has 84 valence electrons. The Morgan fingerprint density at radius 2 is 1.75 bits per heavy atom. The molecule has 0 spiro atoms. The van der Waals surface area contributed by atoms with Gasteiger partial charge in [-0.05, 0) is 23.9 Å². The van der Waals surface area contributed by atoms with Crippen molar-refractivity contribution >= 4 is 22.4 Å². The molecule has 3 N–H and O–H groups in total. The van der Waals surface area contributed by atoms with Gasteiger partial charge in [-0.2, -0.15) is 0 Å². The molecule has 2 aromatic carbocycles. The van der Waals surface area contributed by atoms with Crippen LogP contribution in [0.1, 0.15) is 18.6 Å². The van der Waals surface area contributed by atoms with Crippen LogP contribution in [0.15, 0.2) is 36.4 Å². The Kier molecular flexibility index (Phi) is 3.15. The first kappa shape index (κ1) is 11.4. The highest BCUT2D eigenvalue weighted by Crippen LogP contribution is 2.30. The summed E-state index contributed by atoms with van der Waals surface area (Å²) in [5.74, 6) is 0. The zero-order chi connectivity index (χ0) is 11.7. The molecule has 0 bridgehead atoms. The molecule has 0 amide bonds. The predicted molar refractivity (Wildman–Crippen MR) is 67.6 cm³/mol.